The Kier molecular flexibility index (Phi) is 5.88. The number of thiocarbonyl (C=S) groups is 1. The van der Waals surface area contributed by atoms with Crippen LogP contribution in [0, 0.1) is 6.92 Å². The third-order valence-corrected chi connectivity index (χ3v) is 4.73. The van der Waals surface area contributed by atoms with Crippen molar-refractivity contribution in [2.24, 2.45) is 0 Å². The lowest BCUT2D eigenvalue weighted by molar-refractivity contribution is 0.171. The van der Waals surface area contributed by atoms with Crippen LogP contribution in [0.3, 0.4) is 0 Å². The maximum atomic E-state index is 5.54. The molecule has 25 heavy (non-hydrogen) atoms. The molecule has 3 rings (SSSR count). The fourth-order valence-electron chi connectivity index (χ4n) is 2.86. The van der Waals surface area contributed by atoms with E-state index in [-0.39, 0.29) is 0 Å². The van der Waals surface area contributed by atoms with Crippen LogP contribution in [-0.4, -0.2) is 53.4 Å². The zero-order valence-corrected chi connectivity index (χ0v) is 15.5. The summed E-state index contributed by atoms with van der Waals surface area (Å²) < 4.78 is 10.3. The molecule has 1 fully saturated rings. The third kappa shape index (κ3) is 4.93. The average molecular weight is 360 g/mol. The van der Waals surface area contributed by atoms with Crippen LogP contribution in [0.15, 0.2) is 34.9 Å². The zero-order valence-electron chi connectivity index (χ0n) is 14.7. The van der Waals surface area contributed by atoms with Crippen LogP contribution >= 0.6 is 12.2 Å². The Hall–Kier alpha value is -2.12. The van der Waals surface area contributed by atoms with Crippen molar-refractivity contribution in [3.05, 3.63) is 47.3 Å². The first-order valence-electron chi connectivity index (χ1n) is 8.44. The van der Waals surface area contributed by atoms with Crippen LogP contribution in [0.2, 0.25) is 0 Å². The van der Waals surface area contributed by atoms with Gasteiger partial charge in [0.05, 0.1) is 12.8 Å². The molecule has 1 aliphatic heterocycles. The number of hydrogen-bond acceptors (Lipinski definition) is 5. The molecule has 0 saturated carbocycles. The van der Waals surface area contributed by atoms with Gasteiger partial charge in [-0.15, -0.1) is 0 Å². The van der Waals surface area contributed by atoms with Crippen LogP contribution < -0.4 is 10.1 Å². The van der Waals surface area contributed by atoms with E-state index in [9.17, 15) is 0 Å². The lowest BCUT2D eigenvalue weighted by Crippen LogP contribution is -2.51. The monoisotopic (exact) mass is 360 g/mol. The Labute approximate surface area is 153 Å². The summed E-state index contributed by atoms with van der Waals surface area (Å²) in [5, 5.41) is 8.22. The van der Waals surface area contributed by atoms with Crippen LogP contribution in [0.4, 0.5) is 0 Å². The lowest BCUT2D eigenvalue weighted by atomic mass is 10.2. The molecule has 0 amide bonds. The maximum Gasteiger partial charge on any atom is 0.169 e. The minimum absolute atomic E-state index is 0.723. The topological polar surface area (TPSA) is 53.8 Å². The molecule has 0 unspecified atom stereocenters. The molecule has 6 nitrogen and oxygen atoms in total. The average Bonchev–Trinajstić information content (AvgIpc) is 3.05. The number of nitrogens with one attached hydrogen (secondary N) is 1. The highest BCUT2D eigenvalue weighted by Gasteiger charge is 2.19. The lowest BCUT2D eigenvalue weighted by Gasteiger charge is -2.35. The molecule has 0 spiro atoms. The number of rotatable bonds is 5. The Morgan fingerprint density at radius 1 is 1.24 bits per heavy atom. The number of hydrogen-bond donors (Lipinski definition) is 1. The molecule has 134 valence electrons. The molecule has 0 aliphatic carbocycles. The van der Waals surface area contributed by atoms with E-state index in [1.54, 1.807) is 7.11 Å². The van der Waals surface area contributed by atoms with Crippen molar-refractivity contribution in [3.8, 4) is 5.75 Å². The fraction of sp³-hybridized carbons (Fsp3) is 0.444. The Balaban J connectivity index is 1.41. The van der Waals surface area contributed by atoms with Crippen molar-refractivity contribution < 1.29 is 9.26 Å². The fourth-order valence-corrected chi connectivity index (χ4v) is 3.12. The number of aromatic nitrogens is 1. The predicted molar refractivity (Wildman–Crippen MR) is 101 cm³/mol. The molecule has 2 aromatic rings. The quantitative estimate of drug-likeness (QED) is 0.820. The van der Waals surface area contributed by atoms with Crippen LogP contribution in [0.1, 0.15) is 17.0 Å². The van der Waals surface area contributed by atoms with Gasteiger partial charge in [0.1, 0.15) is 11.5 Å². The van der Waals surface area contributed by atoms with Gasteiger partial charge in [-0.2, -0.15) is 0 Å². The van der Waals surface area contributed by atoms with Gasteiger partial charge in [0.25, 0.3) is 0 Å². The van der Waals surface area contributed by atoms with E-state index in [2.05, 4.69) is 20.3 Å². The molecular formula is C18H24N4O2S. The smallest absolute Gasteiger partial charge is 0.169 e. The molecule has 1 aromatic heterocycles. The summed E-state index contributed by atoms with van der Waals surface area (Å²) in [6.07, 6.45) is 0. The predicted octanol–water partition coefficient (Wildman–Crippen LogP) is 2.18. The molecule has 7 heteroatoms. The van der Waals surface area contributed by atoms with Gasteiger partial charge >= 0.3 is 0 Å². The summed E-state index contributed by atoms with van der Waals surface area (Å²) >= 11 is 5.54. The Bertz CT molecular complexity index is 693. The van der Waals surface area contributed by atoms with Gasteiger partial charge in [-0.3, -0.25) is 4.90 Å². The second-order valence-corrected chi connectivity index (χ2v) is 6.59. The Morgan fingerprint density at radius 3 is 2.56 bits per heavy atom. The van der Waals surface area contributed by atoms with Crippen molar-refractivity contribution in [2.75, 3.05) is 33.3 Å². The number of benzene rings is 1. The highest BCUT2D eigenvalue weighted by atomic mass is 32.1. The minimum Gasteiger partial charge on any atom is -0.497 e. The standard InChI is InChI=1S/C18H24N4O2S/c1-14-11-16(20-24-14)13-21-7-9-22(10-8-21)18(25)19-12-15-3-5-17(23-2)6-4-15/h3-6,11H,7-10,12-13H2,1-2H3,(H,19,25). The van der Waals surface area contributed by atoms with E-state index >= 15 is 0 Å². The van der Waals surface area contributed by atoms with Gasteiger partial charge in [0.2, 0.25) is 0 Å². The second-order valence-electron chi connectivity index (χ2n) is 6.20. The molecule has 1 aromatic carbocycles. The number of piperazine rings is 1. The largest absolute Gasteiger partial charge is 0.497 e. The summed E-state index contributed by atoms with van der Waals surface area (Å²) in [6.45, 7) is 7.25. The normalized spacial score (nSPS) is 15.2. The zero-order chi connectivity index (χ0) is 17.6. The summed E-state index contributed by atoms with van der Waals surface area (Å²) in [4.78, 5) is 4.60. The molecule has 1 N–H and O–H groups in total. The van der Waals surface area contributed by atoms with Crippen molar-refractivity contribution in [3.63, 3.8) is 0 Å². The van der Waals surface area contributed by atoms with Crippen molar-refractivity contribution in [1.29, 1.82) is 0 Å². The number of ether oxygens (including phenoxy) is 1. The van der Waals surface area contributed by atoms with Crippen molar-refractivity contribution >= 4 is 17.3 Å². The highest BCUT2D eigenvalue weighted by Crippen LogP contribution is 2.12. The van der Waals surface area contributed by atoms with Gasteiger partial charge in [0, 0.05) is 45.3 Å². The van der Waals surface area contributed by atoms with Crippen molar-refractivity contribution in [1.82, 2.24) is 20.3 Å². The van der Waals surface area contributed by atoms with Gasteiger partial charge in [-0.25, -0.2) is 0 Å². The number of nitrogens with zero attached hydrogens (tertiary/aromatic N) is 3. The first-order chi connectivity index (χ1) is 12.1. The first-order valence-corrected chi connectivity index (χ1v) is 8.85. The van der Waals surface area contributed by atoms with E-state index in [1.165, 1.54) is 5.56 Å². The van der Waals surface area contributed by atoms with Gasteiger partial charge < -0.3 is 19.5 Å². The van der Waals surface area contributed by atoms with E-state index < -0.39 is 0 Å². The minimum atomic E-state index is 0.723. The molecule has 0 bridgehead atoms. The first kappa shape index (κ1) is 17.7. The Morgan fingerprint density at radius 2 is 1.96 bits per heavy atom. The van der Waals surface area contributed by atoms with Gasteiger partial charge in [0.15, 0.2) is 5.11 Å². The second kappa shape index (κ2) is 8.31. The van der Waals surface area contributed by atoms with Crippen LogP contribution in [-0.2, 0) is 13.1 Å². The van der Waals surface area contributed by atoms with Crippen molar-refractivity contribution in [2.45, 2.75) is 20.0 Å². The summed E-state index contributed by atoms with van der Waals surface area (Å²) in [5.41, 5.74) is 2.18. The van der Waals surface area contributed by atoms with Gasteiger partial charge in [-0.1, -0.05) is 17.3 Å². The molecule has 0 atom stereocenters. The van der Waals surface area contributed by atoms with E-state index in [1.807, 2.05) is 37.3 Å². The summed E-state index contributed by atoms with van der Waals surface area (Å²) in [5.74, 6) is 1.72. The van der Waals surface area contributed by atoms with E-state index in [0.29, 0.717) is 0 Å². The van der Waals surface area contributed by atoms with Crippen LogP contribution in [0.5, 0.6) is 5.75 Å². The summed E-state index contributed by atoms with van der Waals surface area (Å²) in [7, 11) is 1.67. The summed E-state index contributed by atoms with van der Waals surface area (Å²) in [6, 6.07) is 10.0. The maximum absolute atomic E-state index is 5.54. The van der Waals surface area contributed by atoms with Gasteiger partial charge in [-0.05, 0) is 36.8 Å². The van der Waals surface area contributed by atoms with Crippen LogP contribution in [0.25, 0.3) is 0 Å². The SMILES string of the molecule is COc1ccc(CNC(=S)N2CCN(Cc3cc(C)on3)CC2)cc1. The molecular weight excluding hydrogens is 336 g/mol. The molecule has 0 radical (unpaired) electrons. The molecule has 2 heterocycles. The molecule has 1 aliphatic rings. The number of methoxy groups -OCH3 is 1. The molecule has 1 saturated heterocycles. The number of aryl methyl sites for hydroxylation is 1. The van der Waals surface area contributed by atoms with E-state index in [0.717, 1.165) is 61.6 Å². The van der Waals surface area contributed by atoms with E-state index in [4.69, 9.17) is 21.5 Å². The third-order valence-electron chi connectivity index (χ3n) is 4.32. The highest BCUT2D eigenvalue weighted by molar-refractivity contribution is 7.80.